The molecule has 3 aliphatic rings. The first-order valence-corrected chi connectivity index (χ1v) is 14.0. The largest absolute Gasteiger partial charge is 0.393 e. The zero-order valence-corrected chi connectivity index (χ0v) is 21.7. The van der Waals surface area contributed by atoms with Crippen LogP contribution in [0, 0.1) is 23.2 Å². The molecule has 0 bridgehead atoms. The van der Waals surface area contributed by atoms with Crippen molar-refractivity contribution in [1.82, 2.24) is 20.5 Å². The molecule has 6 atom stereocenters. The molecular formula is C32H34N4O2. The minimum atomic E-state index is -0.185. The third kappa shape index (κ3) is 3.85. The van der Waals surface area contributed by atoms with Gasteiger partial charge >= 0.3 is 0 Å². The molecule has 7 rings (SSSR count). The summed E-state index contributed by atoms with van der Waals surface area (Å²) in [6.07, 6.45) is 8.78. The maximum absolute atomic E-state index is 13.0. The normalized spacial score (nSPS) is 28.5. The number of benzene rings is 2. The van der Waals surface area contributed by atoms with Gasteiger partial charge in [0.05, 0.1) is 29.1 Å². The summed E-state index contributed by atoms with van der Waals surface area (Å²) in [6, 6.07) is 20.0. The number of hydrogen-bond donors (Lipinski definition) is 3. The van der Waals surface area contributed by atoms with E-state index in [-0.39, 0.29) is 18.1 Å². The first kappa shape index (κ1) is 23.6. The van der Waals surface area contributed by atoms with Crippen LogP contribution in [0.1, 0.15) is 66.7 Å². The minimum absolute atomic E-state index is 0.0671. The SMILES string of the molecule is C[C@H](NC(=O)c1ccc2[nH]nc(-c3ccc(CC4CC5C[C@@H](O)CC56CCC46)cc3)c2c1)c1ccccn1. The van der Waals surface area contributed by atoms with Crippen molar-refractivity contribution in [3.8, 4) is 11.3 Å². The number of aromatic nitrogens is 3. The number of nitrogens with one attached hydrogen (secondary N) is 2. The van der Waals surface area contributed by atoms with E-state index in [4.69, 9.17) is 0 Å². The topological polar surface area (TPSA) is 90.9 Å². The molecule has 1 spiro atoms. The van der Waals surface area contributed by atoms with Gasteiger partial charge in [0.1, 0.15) is 0 Å². The standard InChI is InChI=1S/C32H34N4O2/c1-19(28-4-2-3-13-33-28)34-31(38)22-9-10-29-26(16-22)30(36-35-29)21-7-5-20(6-8-21)14-23-15-24-17-25(37)18-32(24)12-11-27(23)32/h2-10,13,16,19,23-25,27,37H,11-12,14-15,17-18H2,1H3,(H,34,38)(H,35,36)/t19-,23?,24?,25+,27?,32?/m0/s1. The van der Waals surface area contributed by atoms with Crippen molar-refractivity contribution in [2.75, 3.05) is 0 Å². The van der Waals surface area contributed by atoms with Crippen molar-refractivity contribution in [3.63, 3.8) is 0 Å². The summed E-state index contributed by atoms with van der Waals surface area (Å²) in [4.78, 5) is 17.4. The van der Waals surface area contributed by atoms with Crippen LogP contribution in [0.15, 0.2) is 66.9 Å². The molecule has 3 N–H and O–H groups in total. The maximum Gasteiger partial charge on any atom is 0.251 e. The molecule has 3 aliphatic carbocycles. The van der Waals surface area contributed by atoms with Crippen molar-refractivity contribution < 1.29 is 9.90 Å². The second-order valence-corrected chi connectivity index (χ2v) is 11.8. The zero-order valence-electron chi connectivity index (χ0n) is 21.7. The molecule has 3 fully saturated rings. The average Bonchev–Trinajstić information content (AvgIpc) is 3.55. The Balaban J connectivity index is 1.07. The van der Waals surface area contributed by atoms with Gasteiger partial charge in [-0.2, -0.15) is 5.10 Å². The Morgan fingerprint density at radius 3 is 2.76 bits per heavy atom. The van der Waals surface area contributed by atoms with Gasteiger partial charge in [-0.15, -0.1) is 0 Å². The van der Waals surface area contributed by atoms with E-state index in [1.165, 1.54) is 24.8 Å². The highest BCUT2D eigenvalue weighted by Crippen LogP contribution is 2.69. The second kappa shape index (κ2) is 9.05. The molecular weight excluding hydrogens is 472 g/mol. The molecule has 6 nitrogen and oxygen atoms in total. The van der Waals surface area contributed by atoms with Crippen LogP contribution in [0.3, 0.4) is 0 Å². The lowest BCUT2D eigenvalue weighted by Crippen LogP contribution is -2.40. The highest BCUT2D eigenvalue weighted by atomic mass is 16.3. The summed E-state index contributed by atoms with van der Waals surface area (Å²) in [7, 11) is 0. The number of H-pyrrole nitrogens is 1. The monoisotopic (exact) mass is 506 g/mol. The van der Waals surface area contributed by atoms with Crippen LogP contribution in [0.5, 0.6) is 0 Å². The van der Waals surface area contributed by atoms with Gasteiger partial charge < -0.3 is 10.4 Å². The lowest BCUT2D eigenvalue weighted by atomic mass is 9.57. The summed E-state index contributed by atoms with van der Waals surface area (Å²) in [6.45, 7) is 1.94. The number of aliphatic hydroxyl groups is 1. The zero-order chi connectivity index (χ0) is 25.9. The lowest BCUT2D eigenvalue weighted by molar-refractivity contribution is 0.00904. The predicted octanol–water partition coefficient (Wildman–Crippen LogP) is 5.85. The number of carbonyl (C=O) groups excluding carboxylic acids is 1. The molecule has 4 unspecified atom stereocenters. The predicted molar refractivity (Wildman–Crippen MR) is 147 cm³/mol. The third-order valence-corrected chi connectivity index (χ3v) is 9.83. The van der Waals surface area contributed by atoms with Crippen LogP contribution in [-0.2, 0) is 6.42 Å². The van der Waals surface area contributed by atoms with Gasteiger partial charge in [-0.1, -0.05) is 30.3 Å². The number of nitrogens with zero attached hydrogens (tertiary/aromatic N) is 2. The van der Waals surface area contributed by atoms with E-state index >= 15 is 0 Å². The summed E-state index contributed by atoms with van der Waals surface area (Å²) in [5, 5.41) is 21.9. The van der Waals surface area contributed by atoms with E-state index < -0.39 is 0 Å². The Labute approximate surface area is 222 Å². The van der Waals surface area contributed by atoms with Gasteiger partial charge in [0.15, 0.2) is 0 Å². The van der Waals surface area contributed by atoms with E-state index in [1.54, 1.807) is 6.20 Å². The van der Waals surface area contributed by atoms with E-state index in [0.717, 1.165) is 64.9 Å². The molecule has 2 aromatic carbocycles. The highest BCUT2D eigenvalue weighted by molar-refractivity contribution is 6.01. The number of carbonyl (C=O) groups is 1. The summed E-state index contributed by atoms with van der Waals surface area (Å²) in [5.41, 5.74) is 6.09. The number of amides is 1. The lowest BCUT2D eigenvalue weighted by Gasteiger charge is -2.47. The van der Waals surface area contributed by atoms with Crippen LogP contribution < -0.4 is 5.32 Å². The number of aliphatic hydroxyl groups excluding tert-OH is 1. The van der Waals surface area contributed by atoms with Crippen LogP contribution in [0.2, 0.25) is 0 Å². The molecule has 3 saturated carbocycles. The van der Waals surface area contributed by atoms with Gasteiger partial charge in [0.25, 0.3) is 5.91 Å². The van der Waals surface area contributed by atoms with Crippen molar-refractivity contribution in [3.05, 3.63) is 83.7 Å². The van der Waals surface area contributed by atoms with Crippen molar-refractivity contribution in [2.24, 2.45) is 23.2 Å². The Morgan fingerprint density at radius 1 is 1.16 bits per heavy atom. The van der Waals surface area contributed by atoms with Gasteiger partial charge in [-0.3, -0.25) is 14.9 Å². The van der Waals surface area contributed by atoms with Crippen LogP contribution in [0.4, 0.5) is 0 Å². The molecule has 0 radical (unpaired) electrons. The summed E-state index contributed by atoms with van der Waals surface area (Å²) in [5.74, 6) is 2.14. The maximum atomic E-state index is 13.0. The first-order chi connectivity index (χ1) is 18.5. The van der Waals surface area contributed by atoms with Crippen molar-refractivity contribution in [1.29, 1.82) is 0 Å². The molecule has 6 heteroatoms. The molecule has 194 valence electrons. The second-order valence-electron chi connectivity index (χ2n) is 11.8. The Morgan fingerprint density at radius 2 is 2.03 bits per heavy atom. The number of rotatable bonds is 6. The fraction of sp³-hybridized carbons (Fsp3) is 0.406. The molecule has 0 aliphatic heterocycles. The van der Waals surface area contributed by atoms with Crippen LogP contribution in [-0.4, -0.2) is 32.3 Å². The van der Waals surface area contributed by atoms with E-state index in [1.807, 2.05) is 43.3 Å². The summed E-state index contributed by atoms with van der Waals surface area (Å²) < 4.78 is 0. The fourth-order valence-corrected chi connectivity index (χ4v) is 7.95. The Bertz CT molecular complexity index is 1480. The fourth-order valence-electron chi connectivity index (χ4n) is 7.95. The van der Waals surface area contributed by atoms with E-state index in [2.05, 4.69) is 44.8 Å². The molecule has 2 heterocycles. The van der Waals surface area contributed by atoms with Crippen molar-refractivity contribution >= 4 is 16.8 Å². The Kier molecular flexibility index (Phi) is 5.62. The van der Waals surface area contributed by atoms with Crippen molar-refractivity contribution in [2.45, 2.75) is 57.6 Å². The number of pyridine rings is 1. The van der Waals surface area contributed by atoms with Gasteiger partial charge in [0, 0.05) is 22.7 Å². The van der Waals surface area contributed by atoms with E-state index in [9.17, 15) is 9.90 Å². The molecule has 1 amide bonds. The number of fused-ring (bicyclic) bond motifs is 1. The molecule has 2 aromatic heterocycles. The number of aromatic amines is 1. The quantitative estimate of drug-likeness (QED) is 0.306. The van der Waals surface area contributed by atoms with Gasteiger partial charge in [-0.05, 0) is 105 Å². The number of hydrogen-bond acceptors (Lipinski definition) is 4. The minimum Gasteiger partial charge on any atom is -0.393 e. The van der Waals surface area contributed by atoms with Gasteiger partial charge in [0.2, 0.25) is 0 Å². The Hall–Kier alpha value is -3.51. The summed E-state index contributed by atoms with van der Waals surface area (Å²) >= 11 is 0. The van der Waals surface area contributed by atoms with Crippen LogP contribution in [0.25, 0.3) is 22.2 Å². The highest BCUT2D eigenvalue weighted by Gasteiger charge is 2.63. The first-order valence-electron chi connectivity index (χ1n) is 14.0. The molecule has 0 saturated heterocycles. The van der Waals surface area contributed by atoms with E-state index in [0.29, 0.717) is 11.0 Å². The molecule has 4 aromatic rings. The average molecular weight is 507 g/mol. The van der Waals surface area contributed by atoms with Gasteiger partial charge in [-0.25, -0.2) is 0 Å². The smallest absolute Gasteiger partial charge is 0.251 e. The molecule has 38 heavy (non-hydrogen) atoms. The third-order valence-electron chi connectivity index (χ3n) is 9.83. The van der Waals surface area contributed by atoms with Crippen LogP contribution >= 0.6 is 0 Å².